The highest BCUT2D eigenvalue weighted by Crippen LogP contribution is 2.32. The first kappa shape index (κ1) is 20.1. The van der Waals surface area contributed by atoms with Crippen molar-refractivity contribution in [1.29, 1.82) is 0 Å². The Bertz CT molecular complexity index is 1010. The first-order valence-electron chi connectivity index (χ1n) is 8.65. The Balaban J connectivity index is 1.66. The molecule has 0 spiro atoms. The number of aromatic hydroxyl groups is 3. The van der Waals surface area contributed by atoms with E-state index in [0.717, 1.165) is 23.8 Å². The van der Waals surface area contributed by atoms with Crippen molar-refractivity contribution in [3.8, 4) is 17.2 Å². The number of anilines is 1. The summed E-state index contributed by atoms with van der Waals surface area (Å²) in [5.74, 6) is -0.288. The second-order valence-electron chi connectivity index (χ2n) is 6.43. The van der Waals surface area contributed by atoms with Crippen LogP contribution in [0, 0.1) is 0 Å². The van der Waals surface area contributed by atoms with Gasteiger partial charge in [0, 0.05) is 23.9 Å². The summed E-state index contributed by atoms with van der Waals surface area (Å²) in [5, 5.41) is 31.7. The maximum atomic E-state index is 12.8. The van der Waals surface area contributed by atoms with Gasteiger partial charge in [0.1, 0.15) is 17.2 Å². The first-order valence-corrected chi connectivity index (χ1v) is 8.65. The van der Waals surface area contributed by atoms with E-state index in [1.807, 2.05) is 0 Å². The van der Waals surface area contributed by atoms with Crippen molar-refractivity contribution in [2.24, 2.45) is 0 Å². The summed E-state index contributed by atoms with van der Waals surface area (Å²) in [7, 11) is 0. The number of benzene rings is 3. The van der Waals surface area contributed by atoms with Gasteiger partial charge in [-0.1, -0.05) is 24.3 Å². The maximum absolute atomic E-state index is 12.8. The molecular formula is C22H18F3NO3. The molecule has 0 aromatic heterocycles. The molecule has 3 aromatic carbocycles. The van der Waals surface area contributed by atoms with Crippen LogP contribution in [-0.4, -0.2) is 15.3 Å². The molecule has 0 aliphatic carbocycles. The van der Waals surface area contributed by atoms with Crippen LogP contribution in [0.2, 0.25) is 0 Å². The van der Waals surface area contributed by atoms with E-state index in [0.29, 0.717) is 11.3 Å². The third-order valence-corrected chi connectivity index (χ3v) is 4.19. The fourth-order valence-electron chi connectivity index (χ4n) is 2.72. The van der Waals surface area contributed by atoms with E-state index in [-0.39, 0.29) is 29.4 Å². The highest BCUT2D eigenvalue weighted by atomic mass is 19.4. The van der Waals surface area contributed by atoms with Gasteiger partial charge in [-0.2, -0.15) is 13.2 Å². The zero-order valence-electron chi connectivity index (χ0n) is 15.1. The van der Waals surface area contributed by atoms with Crippen LogP contribution < -0.4 is 5.32 Å². The fourth-order valence-corrected chi connectivity index (χ4v) is 2.72. The number of rotatable bonds is 5. The lowest BCUT2D eigenvalue weighted by atomic mass is 10.1. The number of phenols is 3. The molecule has 0 heterocycles. The van der Waals surface area contributed by atoms with Gasteiger partial charge in [-0.25, -0.2) is 0 Å². The molecule has 0 amide bonds. The highest BCUT2D eigenvalue weighted by molar-refractivity contribution is 5.71. The van der Waals surface area contributed by atoms with E-state index in [1.165, 1.54) is 18.2 Å². The highest BCUT2D eigenvalue weighted by Gasteiger charge is 2.30. The van der Waals surface area contributed by atoms with Gasteiger partial charge in [0.2, 0.25) is 0 Å². The van der Waals surface area contributed by atoms with E-state index in [4.69, 9.17) is 0 Å². The minimum atomic E-state index is -4.47. The number of alkyl halides is 3. The van der Waals surface area contributed by atoms with Crippen molar-refractivity contribution >= 4 is 17.8 Å². The molecule has 0 bridgehead atoms. The maximum Gasteiger partial charge on any atom is 0.416 e. The van der Waals surface area contributed by atoms with E-state index in [1.54, 1.807) is 36.4 Å². The molecule has 0 saturated heterocycles. The lowest BCUT2D eigenvalue weighted by Crippen LogP contribution is -2.07. The van der Waals surface area contributed by atoms with Gasteiger partial charge in [-0.05, 0) is 53.6 Å². The van der Waals surface area contributed by atoms with Crippen molar-refractivity contribution < 1.29 is 28.5 Å². The summed E-state index contributed by atoms with van der Waals surface area (Å²) in [6, 6.07) is 14.2. The Kier molecular flexibility index (Phi) is 5.68. The van der Waals surface area contributed by atoms with Gasteiger partial charge < -0.3 is 20.6 Å². The molecule has 150 valence electrons. The largest absolute Gasteiger partial charge is 0.508 e. The summed E-state index contributed by atoms with van der Waals surface area (Å²) in [4.78, 5) is 0. The lowest BCUT2D eigenvalue weighted by Gasteiger charge is -2.12. The van der Waals surface area contributed by atoms with E-state index in [2.05, 4.69) is 5.32 Å². The van der Waals surface area contributed by atoms with Gasteiger partial charge in [-0.3, -0.25) is 0 Å². The van der Waals surface area contributed by atoms with E-state index >= 15 is 0 Å². The second kappa shape index (κ2) is 8.18. The van der Waals surface area contributed by atoms with Crippen LogP contribution in [0.1, 0.15) is 22.3 Å². The lowest BCUT2D eigenvalue weighted by molar-refractivity contribution is -0.137. The minimum absolute atomic E-state index is 0.0352. The Morgan fingerprint density at radius 1 is 0.759 bits per heavy atom. The predicted octanol–water partition coefficient (Wildman–Crippen LogP) is 5.60. The summed E-state index contributed by atoms with van der Waals surface area (Å²) in [5.41, 5.74) is 1.48. The third kappa shape index (κ3) is 5.44. The second-order valence-corrected chi connectivity index (χ2v) is 6.43. The zero-order chi connectivity index (χ0) is 21.0. The Morgan fingerprint density at radius 2 is 1.38 bits per heavy atom. The Labute approximate surface area is 165 Å². The summed E-state index contributed by atoms with van der Waals surface area (Å²) in [6.45, 7) is 0.0352. The molecule has 0 aliphatic rings. The number of phenolic OH excluding ortho intramolecular Hbond substituents is 3. The van der Waals surface area contributed by atoms with Crippen molar-refractivity contribution in [1.82, 2.24) is 0 Å². The van der Waals surface area contributed by atoms with Gasteiger partial charge in [0.05, 0.1) is 5.56 Å². The molecule has 29 heavy (non-hydrogen) atoms. The van der Waals surface area contributed by atoms with Gasteiger partial charge in [0.25, 0.3) is 0 Å². The summed E-state index contributed by atoms with van der Waals surface area (Å²) >= 11 is 0. The third-order valence-electron chi connectivity index (χ3n) is 4.19. The Morgan fingerprint density at radius 3 is 2.00 bits per heavy atom. The molecule has 4 N–H and O–H groups in total. The average molecular weight is 401 g/mol. The molecule has 0 unspecified atom stereocenters. The minimum Gasteiger partial charge on any atom is -0.508 e. The van der Waals surface area contributed by atoms with Crippen LogP contribution in [0.3, 0.4) is 0 Å². The van der Waals surface area contributed by atoms with Crippen molar-refractivity contribution in [3.63, 3.8) is 0 Å². The standard InChI is InChI=1S/C22H18F3NO3/c23-22(24,25)17-5-8-21(29)16(11-17)13-26-18-6-3-14(4-7-18)1-2-15-9-19(27)12-20(28)10-15/h1-12,26-29H,13H2/b2-1+. The Hall–Kier alpha value is -3.61. The van der Waals surface area contributed by atoms with Crippen LogP contribution in [-0.2, 0) is 12.7 Å². The normalized spacial score (nSPS) is 11.7. The first-order chi connectivity index (χ1) is 13.7. The quantitative estimate of drug-likeness (QED) is 0.420. The van der Waals surface area contributed by atoms with E-state index < -0.39 is 11.7 Å². The van der Waals surface area contributed by atoms with Crippen molar-refractivity contribution in [3.05, 3.63) is 82.9 Å². The van der Waals surface area contributed by atoms with Crippen molar-refractivity contribution in [2.45, 2.75) is 12.7 Å². The SMILES string of the molecule is Oc1cc(O)cc(/C=C/c2ccc(NCc3cc(C(F)(F)F)ccc3O)cc2)c1. The molecule has 4 nitrogen and oxygen atoms in total. The van der Waals surface area contributed by atoms with Crippen LogP contribution in [0.4, 0.5) is 18.9 Å². The van der Waals surface area contributed by atoms with Gasteiger partial charge in [0.15, 0.2) is 0 Å². The topological polar surface area (TPSA) is 72.7 Å². The number of hydrogen-bond donors (Lipinski definition) is 4. The van der Waals surface area contributed by atoms with E-state index in [9.17, 15) is 28.5 Å². The monoisotopic (exact) mass is 401 g/mol. The molecular weight excluding hydrogens is 383 g/mol. The summed E-state index contributed by atoms with van der Waals surface area (Å²) in [6.07, 6.45) is -0.956. The van der Waals surface area contributed by atoms with Crippen LogP contribution in [0.5, 0.6) is 17.2 Å². The smallest absolute Gasteiger partial charge is 0.416 e. The molecule has 0 aliphatic heterocycles. The predicted molar refractivity (Wildman–Crippen MR) is 106 cm³/mol. The van der Waals surface area contributed by atoms with Crippen LogP contribution in [0.15, 0.2) is 60.7 Å². The molecule has 0 atom stereocenters. The van der Waals surface area contributed by atoms with Crippen LogP contribution in [0.25, 0.3) is 12.2 Å². The molecule has 0 fully saturated rings. The van der Waals surface area contributed by atoms with Crippen LogP contribution >= 0.6 is 0 Å². The fraction of sp³-hybridized carbons (Fsp3) is 0.0909. The molecule has 7 heteroatoms. The van der Waals surface area contributed by atoms with Gasteiger partial charge >= 0.3 is 6.18 Å². The summed E-state index contributed by atoms with van der Waals surface area (Å²) < 4.78 is 38.4. The zero-order valence-corrected chi connectivity index (χ0v) is 15.1. The molecule has 3 aromatic rings. The molecule has 3 rings (SSSR count). The number of nitrogens with one attached hydrogen (secondary N) is 1. The van der Waals surface area contributed by atoms with Gasteiger partial charge in [-0.15, -0.1) is 0 Å². The van der Waals surface area contributed by atoms with Crippen molar-refractivity contribution in [2.75, 3.05) is 5.32 Å². The molecule has 0 radical (unpaired) electrons. The number of hydrogen-bond acceptors (Lipinski definition) is 4. The molecule has 0 saturated carbocycles. The average Bonchev–Trinajstić information content (AvgIpc) is 2.65. The number of halogens is 3.